The van der Waals surface area contributed by atoms with Crippen molar-refractivity contribution in [2.45, 2.75) is 16.8 Å². The molecular formula is C18H12ClFN4O4S2. The van der Waals surface area contributed by atoms with Crippen LogP contribution in [-0.2, 0) is 21.1 Å². The maximum absolute atomic E-state index is 13.7. The Balaban J connectivity index is 2.00. The van der Waals surface area contributed by atoms with Crippen LogP contribution < -0.4 is 0 Å². The first kappa shape index (κ1) is 20.5. The van der Waals surface area contributed by atoms with E-state index in [9.17, 15) is 21.6 Å². The summed E-state index contributed by atoms with van der Waals surface area (Å²) in [6.45, 7) is 1.83. The number of nitrogens with zero attached hydrogens (tertiary/aromatic N) is 4. The number of fused-ring (bicyclic) bond motifs is 1. The van der Waals surface area contributed by atoms with Gasteiger partial charge in [0.25, 0.3) is 10.0 Å². The van der Waals surface area contributed by atoms with Crippen LogP contribution in [0.2, 0.25) is 5.02 Å². The second kappa shape index (κ2) is 7.51. The van der Waals surface area contributed by atoms with Crippen LogP contribution in [0.25, 0.3) is 22.4 Å². The fraction of sp³-hybridized carbons (Fsp3) is 0.0556. The third kappa shape index (κ3) is 3.49. The third-order valence-electron chi connectivity index (χ3n) is 4.27. The first-order valence-electron chi connectivity index (χ1n) is 8.31. The fourth-order valence-corrected chi connectivity index (χ4v) is 4.71. The molecule has 1 atom stereocenters. The van der Waals surface area contributed by atoms with Crippen molar-refractivity contribution in [2.24, 2.45) is 0 Å². The predicted molar refractivity (Wildman–Crippen MR) is 109 cm³/mol. The molecule has 0 aliphatic heterocycles. The molecule has 0 aliphatic rings. The van der Waals surface area contributed by atoms with Crippen LogP contribution in [0.3, 0.4) is 0 Å². The maximum atomic E-state index is 13.7. The van der Waals surface area contributed by atoms with E-state index in [0.29, 0.717) is 0 Å². The first-order valence-corrected chi connectivity index (χ1v) is 11.2. The van der Waals surface area contributed by atoms with E-state index in [2.05, 4.69) is 15.0 Å². The average Bonchev–Trinajstić information content (AvgIpc) is 3.08. The van der Waals surface area contributed by atoms with Crippen LogP contribution in [0.5, 0.6) is 0 Å². The van der Waals surface area contributed by atoms with Gasteiger partial charge in [0, 0.05) is 23.3 Å². The molecule has 8 nitrogen and oxygen atoms in total. The summed E-state index contributed by atoms with van der Waals surface area (Å²) in [5, 5.41) is -0.223. The SMILES string of the molecule is Cc1ccc(S(=O)(=O)n2cc(-c3ncc(F)c(S(=O)O)n3)c3cc(Cl)cnc32)cc1. The monoisotopic (exact) mass is 466 g/mol. The highest BCUT2D eigenvalue weighted by Crippen LogP contribution is 2.32. The molecule has 154 valence electrons. The zero-order valence-corrected chi connectivity index (χ0v) is 17.5. The van der Waals surface area contributed by atoms with Crippen molar-refractivity contribution < 1.29 is 21.6 Å². The molecule has 0 saturated heterocycles. The Hall–Kier alpha value is -2.73. The van der Waals surface area contributed by atoms with Crippen molar-refractivity contribution in [3.05, 3.63) is 65.3 Å². The van der Waals surface area contributed by atoms with E-state index in [1.807, 2.05) is 6.92 Å². The van der Waals surface area contributed by atoms with Crippen LogP contribution in [0.1, 0.15) is 5.56 Å². The summed E-state index contributed by atoms with van der Waals surface area (Å²) in [6, 6.07) is 7.72. The van der Waals surface area contributed by atoms with Crippen molar-refractivity contribution >= 4 is 43.7 Å². The molecule has 0 saturated carbocycles. The lowest BCUT2D eigenvalue weighted by molar-refractivity contribution is 0.530. The summed E-state index contributed by atoms with van der Waals surface area (Å²) in [5.74, 6) is -1.22. The Bertz CT molecular complexity index is 1420. The van der Waals surface area contributed by atoms with Crippen molar-refractivity contribution in [3.63, 3.8) is 0 Å². The summed E-state index contributed by atoms with van der Waals surface area (Å²) in [7, 11) is -4.04. The van der Waals surface area contributed by atoms with Crippen LogP contribution in [0.15, 0.2) is 58.8 Å². The van der Waals surface area contributed by atoms with Crippen LogP contribution in [0.4, 0.5) is 4.39 Å². The Morgan fingerprint density at radius 3 is 2.53 bits per heavy atom. The van der Waals surface area contributed by atoms with E-state index in [0.717, 1.165) is 15.7 Å². The van der Waals surface area contributed by atoms with Crippen molar-refractivity contribution in [2.75, 3.05) is 0 Å². The predicted octanol–water partition coefficient (Wildman–Crippen LogP) is 3.41. The molecule has 30 heavy (non-hydrogen) atoms. The topological polar surface area (TPSA) is 115 Å². The van der Waals surface area contributed by atoms with Crippen LogP contribution in [0, 0.1) is 12.7 Å². The van der Waals surface area contributed by atoms with Crippen molar-refractivity contribution in [1.82, 2.24) is 18.9 Å². The molecule has 0 spiro atoms. The summed E-state index contributed by atoms with van der Waals surface area (Å²) in [6.07, 6.45) is 3.25. The molecule has 1 aromatic carbocycles. The van der Waals surface area contributed by atoms with Gasteiger partial charge in [-0.15, -0.1) is 0 Å². The molecule has 12 heteroatoms. The minimum Gasteiger partial charge on any atom is -0.301 e. The van der Waals surface area contributed by atoms with E-state index in [-0.39, 0.29) is 32.3 Å². The van der Waals surface area contributed by atoms with Crippen LogP contribution >= 0.6 is 11.6 Å². The fourth-order valence-electron chi connectivity index (χ4n) is 2.84. The van der Waals surface area contributed by atoms with Gasteiger partial charge in [-0.1, -0.05) is 29.3 Å². The standard InChI is InChI=1S/C18H12ClFN4O4S2/c1-10-2-4-12(5-3-10)30(27,28)24-9-14(13-6-11(19)7-22-17(13)24)16-21-8-15(20)18(23-16)29(25)26/h2-9H,1H3,(H,25,26). The molecule has 0 aliphatic carbocycles. The minimum atomic E-state index is -4.04. The number of halogens is 2. The smallest absolute Gasteiger partial charge is 0.269 e. The number of rotatable bonds is 4. The highest BCUT2D eigenvalue weighted by Gasteiger charge is 2.25. The molecule has 4 rings (SSSR count). The number of pyridine rings is 1. The highest BCUT2D eigenvalue weighted by molar-refractivity contribution is 7.90. The summed E-state index contributed by atoms with van der Waals surface area (Å²) in [4.78, 5) is 11.8. The quantitative estimate of drug-likeness (QED) is 0.362. The van der Waals surface area contributed by atoms with E-state index in [1.165, 1.54) is 30.6 Å². The van der Waals surface area contributed by atoms with E-state index in [4.69, 9.17) is 11.6 Å². The van der Waals surface area contributed by atoms with Gasteiger partial charge in [0.05, 0.1) is 16.1 Å². The van der Waals surface area contributed by atoms with Crippen LogP contribution in [-0.4, -0.2) is 36.1 Å². The molecule has 1 N–H and O–H groups in total. The first-order chi connectivity index (χ1) is 14.2. The molecule has 1 unspecified atom stereocenters. The summed E-state index contributed by atoms with van der Waals surface area (Å²) >= 11 is 3.33. The van der Waals surface area contributed by atoms with Gasteiger partial charge in [0.2, 0.25) is 11.1 Å². The normalized spacial score (nSPS) is 12.9. The molecule has 3 heterocycles. The average molecular weight is 467 g/mol. The summed E-state index contributed by atoms with van der Waals surface area (Å²) in [5.41, 5.74) is 1.10. The van der Waals surface area contributed by atoms with E-state index in [1.54, 1.807) is 12.1 Å². The Morgan fingerprint density at radius 2 is 1.87 bits per heavy atom. The van der Waals surface area contributed by atoms with Gasteiger partial charge in [-0.25, -0.2) is 35.9 Å². The minimum absolute atomic E-state index is 0.0328. The molecule has 3 aromatic heterocycles. The van der Waals surface area contributed by atoms with Crippen molar-refractivity contribution in [1.29, 1.82) is 0 Å². The number of benzene rings is 1. The van der Waals surface area contributed by atoms with Gasteiger partial charge in [-0.05, 0) is 25.1 Å². The molecule has 0 bridgehead atoms. The lowest BCUT2D eigenvalue weighted by atomic mass is 10.2. The second-order valence-corrected chi connectivity index (χ2v) is 9.41. The van der Waals surface area contributed by atoms with Gasteiger partial charge in [-0.3, -0.25) is 0 Å². The lowest BCUT2D eigenvalue weighted by Crippen LogP contribution is -2.12. The molecule has 4 aromatic rings. The zero-order chi connectivity index (χ0) is 21.6. The van der Waals surface area contributed by atoms with Gasteiger partial charge in [0.15, 0.2) is 22.3 Å². The molecule has 0 fully saturated rings. The Morgan fingerprint density at radius 1 is 1.17 bits per heavy atom. The summed E-state index contributed by atoms with van der Waals surface area (Å²) < 4.78 is 61.7. The van der Waals surface area contributed by atoms with Gasteiger partial charge in [-0.2, -0.15) is 0 Å². The Kier molecular flexibility index (Phi) is 5.14. The van der Waals surface area contributed by atoms with Gasteiger partial charge in [0.1, 0.15) is 0 Å². The van der Waals surface area contributed by atoms with Crippen molar-refractivity contribution in [3.8, 4) is 11.4 Å². The highest BCUT2D eigenvalue weighted by atomic mass is 35.5. The largest absolute Gasteiger partial charge is 0.301 e. The number of aromatic nitrogens is 4. The van der Waals surface area contributed by atoms with Gasteiger partial charge < -0.3 is 4.55 Å². The second-order valence-electron chi connectivity index (χ2n) is 6.28. The lowest BCUT2D eigenvalue weighted by Gasteiger charge is -2.07. The van der Waals surface area contributed by atoms with Gasteiger partial charge >= 0.3 is 0 Å². The maximum Gasteiger partial charge on any atom is 0.269 e. The number of aryl methyl sites for hydroxylation is 1. The molecule has 0 amide bonds. The third-order valence-corrected chi connectivity index (χ3v) is 6.76. The van der Waals surface area contributed by atoms with E-state index >= 15 is 0 Å². The molecule has 0 radical (unpaired) electrons. The Labute approximate surface area is 177 Å². The van der Waals surface area contributed by atoms with E-state index < -0.39 is 31.9 Å². The zero-order valence-electron chi connectivity index (χ0n) is 15.2. The molecular weight excluding hydrogens is 455 g/mol. The number of hydrogen-bond donors (Lipinski definition) is 1. The number of hydrogen-bond acceptors (Lipinski definition) is 6.